The van der Waals surface area contributed by atoms with Crippen molar-refractivity contribution in [1.29, 1.82) is 0 Å². The van der Waals surface area contributed by atoms with Gasteiger partial charge in [0.15, 0.2) is 0 Å². The molecule has 0 saturated heterocycles. The van der Waals surface area contributed by atoms with Crippen LogP contribution >= 0.6 is 0 Å². The smallest absolute Gasteiger partial charge is 0.241 e. The van der Waals surface area contributed by atoms with Crippen LogP contribution in [0.5, 0.6) is 11.5 Å². The van der Waals surface area contributed by atoms with Gasteiger partial charge in [-0.25, -0.2) is 8.42 Å². The second-order valence-corrected chi connectivity index (χ2v) is 10.2. The van der Waals surface area contributed by atoms with Gasteiger partial charge in [-0.2, -0.15) is 4.72 Å². The van der Waals surface area contributed by atoms with Gasteiger partial charge in [0.05, 0.1) is 25.7 Å². The molecule has 1 aliphatic carbocycles. The maximum atomic E-state index is 13.0. The summed E-state index contributed by atoms with van der Waals surface area (Å²) in [5.41, 5.74) is 0.869. The van der Waals surface area contributed by atoms with Crippen molar-refractivity contribution in [1.82, 2.24) is 10.0 Å². The van der Waals surface area contributed by atoms with Gasteiger partial charge in [-0.1, -0.05) is 31.4 Å². The van der Waals surface area contributed by atoms with Crippen LogP contribution in [0.1, 0.15) is 37.7 Å². The average Bonchev–Trinajstić information content (AvgIpc) is 2.87. The average molecular weight is 491 g/mol. The van der Waals surface area contributed by atoms with Gasteiger partial charge >= 0.3 is 0 Å². The van der Waals surface area contributed by atoms with E-state index in [-0.39, 0.29) is 18.0 Å². The van der Waals surface area contributed by atoms with E-state index in [4.69, 9.17) is 14.2 Å². The quantitative estimate of drug-likeness (QED) is 0.473. The van der Waals surface area contributed by atoms with E-state index >= 15 is 0 Å². The topological polar surface area (TPSA) is 103 Å². The number of nitrogens with one attached hydrogen (secondary N) is 2. The molecule has 1 amide bonds. The van der Waals surface area contributed by atoms with E-state index in [0.29, 0.717) is 18.3 Å². The maximum Gasteiger partial charge on any atom is 0.241 e. The predicted octanol–water partition coefficient (Wildman–Crippen LogP) is 3.26. The summed E-state index contributed by atoms with van der Waals surface area (Å²) in [6, 6.07) is 12.2. The first-order valence-electron chi connectivity index (χ1n) is 11.6. The molecule has 1 fully saturated rings. The third kappa shape index (κ3) is 7.72. The Balaban J connectivity index is 1.65. The zero-order valence-corrected chi connectivity index (χ0v) is 20.6. The summed E-state index contributed by atoms with van der Waals surface area (Å²) in [6.07, 6.45) is 5.82. The fraction of sp³-hybridized carbons (Fsp3) is 0.480. The summed E-state index contributed by atoms with van der Waals surface area (Å²) < 4.78 is 44.5. The van der Waals surface area contributed by atoms with Crippen LogP contribution in [0.25, 0.3) is 0 Å². The third-order valence-corrected chi connectivity index (χ3v) is 7.46. The van der Waals surface area contributed by atoms with E-state index in [1.165, 1.54) is 38.5 Å². The lowest BCUT2D eigenvalue weighted by molar-refractivity contribution is -0.124. The molecular formula is C25H34N2O6S. The molecule has 186 valence electrons. The number of hydrogen-bond acceptors (Lipinski definition) is 6. The number of sulfonamides is 1. The van der Waals surface area contributed by atoms with E-state index in [1.54, 1.807) is 31.4 Å². The van der Waals surface area contributed by atoms with Gasteiger partial charge in [0, 0.05) is 13.2 Å². The van der Waals surface area contributed by atoms with E-state index in [1.807, 2.05) is 12.1 Å². The summed E-state index contributed by atoms with van der Waals surface area (Å²) >= 11 is 0. The van der Waals surface area contributed by atoms with Gasteiger partial charge < -0.3 is 19.5 Å². The third-order valence-electron chi connectivity index (χ3n) is 5.97. The van der Waals surface area contributed by atoms with Gasteiger partial charge in [0.1, 0.15) is 17.5 Å². The number of ether oxygens (including phenoxy) is 3. The van der Waals surface area contributed by atoms with Gasteiger partial charge in [-0.15, -0.1) is 0 Å². The fourth-order valence-electron chi connectivity index (χ4n) is 3.94. The summed E-state index contributed by atoms with van der Waals surface area (Å²) in [4.78, 5) is 13.0. The minimum absolute atomic E-state index is 0.0413. The SMILES string of the molecule is COc1ccc(CNC(=O)C(COCC2CCCCC2)NS(=O)(=O)c2ccc(OC)cc2)cc1. The molecule has 0 aromatic heterocycles. The molecule has 8 nitrogen and oxygen atoms in total. The number of carbonyl (C=O) groups excluding carboxylic acids is 1. The van der Waals surface area contributed by atoms with Crippen LogP contribution in [0.2, 0.25) is 0 Å². The van der Waals surface area contributed by atoms with Crippen molar-refractivity contribution in [3.05, 3.63) is 54.1 Å². The Morgan fingerprint density at radius 3 is 2.12 bits per heavy atom. The van der Waals surface area contributed by atoms with Crippen molar-refractivity contribution in [2.75, 3.05) is 27.4 Å². The van der Waals surface area contributed by atoms with Crippen LogP contribution in [0.4, 0.5) is 0 Å². The van der Waals surface area contributed by atoms with Crippen LogP contribution < -0.4 is 19.5 Å². The highest BCUT2D eigenvalue weighted by molar-refractivity contribution is 7.89. The van der Waals surface area contributed by atoms with Crippen molar-refractivity contribution in [3.63, 3.8) is 0 Å². The van der Waals surface area contributed by atoms with Gasteiger partial charge in [0.25, 0.3) is 0 Å². The lowest BCUT2D eigenvalue weighted by Gasteiger charge is -2.23. The Labute approximate surface area is 202 Å². The summed E-state index contributed by atoms with van der Waals surface area (Å²) in [6.45, 7) is 0.735. The lowest BCUT2D eigenvalue weighted by atomic mass is 9.90. The fourth-order valence-corrected chi connectivity index (χ4v) is 5.12. The summed E-state index contributed by atoms with van der Waals surface area (Å²) in [5.74, 6) is 1.27. The number of methoxy groups -OCH3 is 2. The van der Waals surface area contributed by atoms with Crippen molar-refractivity contribution in [2.24, 2.45) is 5.92 Å². The minimum atomic E-state index is -3.94. The Kier molecular flexibility index (Phi) is 9.74. The van der Waals surface area contributed by atoms with E-state index < -0.39 is 22.0 Å². The molecule has 0 radical (unpaired) electrons. The van der Waals surface area contributed by atoms with Gasteiger partial charge in [-0.05, 0) is 60.7 Å². The molecule has 1 saturated carbocycles. The molecule has 2 aromatic rings. The van der Waals surface area contributed by atoms with Crippen LogP contribution in [0.15, 0.2) is 53.4 Å². The molecule has 0 spiro atoms. The van der Waals surface area contributed by atoms with Crippen LogP contribution in [-0.4, -0.2) is 47.8 Å². The Bertz CT molecular complexity index is 1000. The Morgan fingerprint density at radius 2 is 1.53 bits per heavy atom. The molecule has 0 heterocycles. The molecule has 2 aromatic carbocycles. The second kappa shape index (κ2) is 12.7. The zero-order chi connectivity index (χ0) is 24.4. The normalized spacial score (nSPS) is 15.5. The molecule has 34 heavy (non-hydrogen) atoms. The van der Waals surface area contributed by atoms with Crippen molar-refractivity contribution in [3.8, 4) is 11.5 Å². The highest BCUT2D eigenvalue weighted by Crippen LogP contribution is 2.23. The van der Waals surface area contributed by atoms with Crippen LogP contribution in [-0.2, 0) is 26.1 Å². The zero-order valence-electron chi connectivity index (χ0n) is 19.8. The number of hydrogen-bond donors (Lipinski definition) is 2. The largest absolute Gasteiger partial charge is 0.497 e. The summed E-state index contributed by atoms with van der Waals surface area (Å²) in [7, 11) is -0.844. The van der Waals surface area contributed by atoms with Crippen molar-refractivity contribution < 1.29 is 27.4 Å². The highest BCUT2D eigenvalue weighted by atomic mass is 32.2. The monoisotopic (exact) mass is 490 g/mol. The maximum absolute atomic E-state index is 13.0. The minimum Gasteiger partial charge on any atom is -0.497 e. The standard InChI is InChI=1S/C25H34N2O6S/c1-31-21-10-8-19(9-11-21)16-26-25(28)24(18-33-17-20-6-4-3-5-7-20)27-34(29,30)23-14-12-22(32-2)13-15-23/h8-15,20,24,27H,3-7,16-18H2,1-2H3,(H,26,28). The van der Waals surface area contributed by atoms with E-state index in [9.17, 15) is 13.2 Å². The molecule has 2 N–H and O–H groups in total. The number of rotatable bonds is 12. The number of benzene rings is 2. The molecule has 3 rings (SSSR count). The molecule has 0 aliphatic heterocycles. The first kappa shape index (κ1) is 26.0. The number of amides is 1. The Morgan fingerprint density at radius 1 is 0.941 bits per heavy atom. The molecular weight excluding hydrogens is 456 g/mol. The van der Waals surface area contributed by atoms with Gasteiger partial charge in [0.2, 0.25) is 15.9 Å². The predicted molar refractivity (Wildman–Crippen MR) is 129 cm³/mol. The van der Waals surface area contributed by atoms with E-state index in [2.05, 4.69) is 10.0 Å². The lowest BCUT2D eigenvalue weighted by Crippen LogP contribution is -2.49. The molecule has 1 unspecified atom stereocenters. The van der Waals surface area contributed by atoms with E-state index in [0.717, 1.165) is 24.2 Å². The summed E-state index contributed by atoms with van der Waals surface area (Å²) in [5, 5.41) is 2.81. The Hall–Kier alpha value is -2.62. The first-order valence-corrected chi connectivity index (χ1v) is 13.0. The van der Waals surface area contributed by atoms with Crippen molar-refractivity contribution >= 4 is 15.9 Å². The van der Waals surface area contributed by atoms with Crippen LogP contribution in [0, 0.1) is 5.92 Å². The first-order chi connectivity index (χ1) is 16.4. The molecule has 1 atom stereocenters. The second-order valence-electron chi connectivity index (χ2n) is 8.46. The molecule has 0 bridgehead atoms. The van der Waals surface area contributed by atoms with Gasteiger partial charge in [-0.3, -0.25) is 4.79 Å². The number of carbonyl (C=O) groups is 1. The van der Waals surface area contributed by atoms with Crippen molar-refractivity contribution in [2.45, 2.75) is 49.6 Å². The highest BCUT2D eigenvalue weighted by Gasteiger charge is 2.27. The molecule has 1 aliphatic rings. The van der Waals surface area contributed by atoms with Crippen LogP contribution in [0.3, 0.4) is 0 Å². The molecule has 9 heteroatoms.